The van der Waals surface area contributed by atoms with Crippen LogP contribution in [-0.4, -0.2) is 17.1 Å². The standard InChI is InChI=1S/C14H14INO3/c1-9(8-19-10(2)17)16-7-6-11-12(14(16)18)4-3-5-13(11)15/h3-7,9H,8H2,1-2H3. The van der Waals surface area contributed by atoms with E-state index in [-0.39, 0.29) is 24.2 Å². The number of benzene rings is 1. The third-order valence-electron chi connectivity index (χ3n) is 2.92. The van der Waals surface area contributed by atoms with Gasteiger partial charge in [-0.2, -0.15) is 0 Å². The molecule has 0 aliphatic carbocycles. The predicted octanol–water partition coefficient (Wildman–Crippen LogP) is 2.73. The van der Waals surface area contributed by atoms with Crippen molar-refractivity contribution >= 4 is 39.3 Å². The van der Waals surface area contributed by atoms with Gasteiger partial charge in [0.1, 0.15) is 6.61 Å². The zero-order valence-corrected chi connectivity index (χ0v) is 12.9. The minimum atomic E-state index is -0.338. The van der Waals surface area contributed by atoms with Crippen molar-refractivity contribution in [2.45, 2.75) is 19.9 Å². The molecule has 0 aliphatic rings. The molecular formula is C14H14INO3. The Bertz CT molecular complexity index is 678. The topological polar surface area (TPSA) is 48.3 Å². The van der Waals surface area contributed by atoms with Gasteiger partial charge in [0.05, 0.1) is 6.04 Å². The van der Waals surface area contributed by atoms with E-state index in [0.717, 1.165) is 8.96 Å². The highest BCUT2D eigenvalue weighted by molar-refractivity contribution is 14.1. The second-order valence-corrected chi connectivity index (χ2v) is 5.54. The van der Waals surface area contributed by atoms with Crippen LogP contribution in [0.5, 0.6) is 0 Å². The number of carbonyl (C=O) groups excluding carboxylic acids is 1. The molecule has 19 heavy (non-hydrogen) atoms. The van der Waals surface area contributed by atoms with E-state index < -0.39 is 0 Å². The number of ether oxygens (including phenoxy) is 1. The van der Waals surface area contributed by atoms with Crippen LogP contribution in [0.2, 0.25) is 0 Å². The molecule has 0 saturated heterocycles. The van der Waals surface area contributed by atoms with Crippen LogP contribution in [0.1, 0.15) is 19.9 Å². The first kappa shape index (κ1) is 14.0. The molecule has 0 spiro atoms. The number of esters is 1. The van der Waals surface area contributed by atoms with Crippen molar-refractivity contribution in [3.05, 3.63) is 44.4 Å². The Labute approximate surface area is 124 Å². The van der Waals surface area contributed by atoms with E-state index >= 15 is 0 Å². The summed E-state index contributed by atoms with van der Waals surface area (Å²) in [6.45, 7) is 3.41. The third kappa shape index (κ3) is 2.97. The Morgan fingerprint density at radius 1 is 1.37 bits per heavy atom. The van der Waals surface area contributed by atoms with Crippen LogP contribution in [0.15, 0.2) is 35.3 Å². The van der Waals surface area contributed by atoms with Crippen molar-refractivity contribution in [3.8, 4) is 0 Å². The Balaban J connectivity index is 2.43. The van der Waals surface area contributed by atoms with Crippen molar-refractivity contribution in [3.63, 3.8) is 0 Å². The molecule has 1 unspecified atom stereocenters. The van der Waals surface area contributed by atoms with Gasteiger partial charge in [0.15, 0.2) is 0 Å². The SMILES string of the molecule is CC(=O)OCC(C)n1ccc2c(I)cccc2c1=O. The zero-order valence-electron chi connectivity index (χ0n) is 10.7. The lowest BCUT2D eigenvalue weighted by molar-refractivity contribution is -0.141. The minimum Gasteiger partial charge on any atom is -0.464 e. The lowest BCUT2D eigenvalue weighted by atomic mass is 10.1. The summed E-state index contributed by atoms with van der Waals surface area (Å²) in [6, 6.07) is 7.39. The molecule has 0 bridgehead atoms. The summed E-state index contributed by atoms with van der Waals surface area (Å²) >= 11 is 2.21. The summed E-state index contributed by atoms with van der Waals surface area (Å²) in [7, 11) is 0. The highest BCUT2D eigenvalue weighted by Crippen LogP contribution is 2.18. The van der Waals surface area contributed by atoms with E-state index in [1.165, 1.54) is 6.92 Å². The number of fused-ring (bicyclic) bond motifs is 1. The average molecular weight is 371 g/mol. The summed E-state index contributed by atoms with van der Waals surface area (Å²) in [4.78, 5) is 23.2. The fraction of sp³-hybridized carbons (Fsp3) is 0.286. The highest BCUT2D eigenvalue weighted by Gasteiger charge is 2.11. The highest BCUT2D eigenvalue weighted by atomic mass is 127. The summed E-state index contributed by atoms with van der Waals surface area (Å²) in [5, 5.41) is 1.63. The molecule has 4 nitrogen and oxygen atoms in total. The maximum atomic E-state index is 12.4. The first-order valence-electron chi connectivity index (χ1n) is 5.93. The Kier molecular flexibility index (Phi) is 4.24. The van der Waals surface area contributed by atoms with Crippen LogP contribution in [0.3, 0.4) is 0 Å². The van der Waals surface area contributed by atoms with Gasteiger partial charge in [-0.3, -0.25) is 9.59 Å². The van der Waals surface area contributed by atoms with Crippen molar-refractivity contribution in [1.82, 2.24) is 4.57 Å². The summed E-state index contributed by atoms with van der Waals surface area (Å²) < 4.78 is 7.60. The number of hydrogen-bond donors (Lipinski definition) is 0. The molecule has 0 saturated carbocycles. The van der Waals surface area contributed by atoms with Gasteiger partial charge < -0.3 is 9.30 Å². The average Bonchev–Trinajstić information content (AvgIpc) is 2.37. The molecular weight excluding hydrogens is 357 g/mol. The number of hydrogen-bond acceptors (Lipinski definition) is 3. The van der Waals surface area contributed by atoms with Crippen molar-refractivity contribution < 1.29 is 9.53 Å². The van der Waals surface area contributed by atoms with Crippen LogP contribution in [-0.2, 0) is 9.53 Å². The van der Waals surface area contributed by atoms with E-state index in [0.29, 0.717) is 5.39 Å². The molecule has 1 heterocycles. The molecule has 2 aromatic rings. The van der Waals surface area contributed by atoms with Gasteiger partial charge in [0.2, 0.25) is 0 Å². The van der Waals surface area contributed by atoms with Gasteiger partial charge in [-0.25, -0.2) is 0 Å². The Morgan fingerprint density at radius 2 is 2.11 bits per heavy atom. The first-order chi connectivity index (χ1) is 9.00. The number of carbonyl (C=O) groups is 1. The second kappa shape index (κ2) is 5.73. The lowest BCUT2D eigenvalue weighted by Gasteiger charge is -2.15. The van der Waals surface area contributed by atoms with Crippen molar-refractivity contribution in [2.75, 3.05) is 6.61 Å². The van der Waals surface area contributed by atoms with Crippen LogP contribution in [0, 0.1) is 3.57 Å². The van der Waals surface area contributed by atoms with Gasteiger partial charge in [-0.1, -0.05) is 6.07 Å². The van der Waals surface area contributed by atoms with Gasteiger partial charge in [0, 0.05) is 27.5 Å². The van der Waals surface area contributed by atoms with E-state index in [9.17, 15) is 9.59 Å². The number of rotatable bonds is 3. The fourth-order valence-corrected chi connectivity index (χ4v) is 2.60. The summed E-state index contributed by atoms with van der Waals surface area (Å²) in [6.07, 6.45) is 1.75. The maximum absolute atomic E-state index is 12.4. The minimum absolute atomic E-state index is 0.0596. The van der Waals surface area contributed by atoms with Gasteiger partial charge >= 0.3 is 5.97 Å². The van der Waals surface area contributed by atoms with E-state index in [1.807, 2.05) is 31.2 Å². The molecule has 5 heteroatoms. The third-order valence-corrected chi connectivity index (χ3v) is 3.86. The smallest absolute Gasteiger partial charge is 0.302 e. The summed E-state index contributed by atoms with van der Waals surface area (Å²) in [5.74, 6) is -0.338. The van der Waals surface area contributed by atoms with Crippen molar-refractivity contribution in [2.24, 2.45) is 0 Å². The first-order valence-corrected chi connectivity index (χ1v) is 7.01. The monoisotopic (exact) mass is 371 g/mol. The second-order valence-electron chi connectivity index (χ2n) is 4.38. The Hall–Kier alpha value is -1.37. The van der Waals surface area contributed by atoms with Crippen LogP contribution < -0.4 is 5.56 Å². The van der Waals surface area contributed by atoms with Crippen LogP contribution >= 0.6 is 22.6 Å². The molecule has 0 radical (unpaired) electrons. The predicted molar refractivity (Wildman–Crippen MR) is 82.3 cm³/mol. The molecule has 0 amide bonds. The molecule has 1 aromatic carbocycles. The quantitative estimate of drug-likeness (QED) is 0.616. The van der Waals surface area contributed by atoms with Crippen LogP contribution in [0.25, 0.3) is 10.8 Å². The molecule has 0 aliphatic heterocycles. The number of pyridine rings is 1. The molecule has 1 atom stereocenters. The number of nitrogens with zero attached hydrogens (tertiary/aromatic N) is 1. The molecule has 100 valence electrons. The molecule has 2 rings (SSSR count). The molecule has 0 fully saturated rings. The van der Waals surface area contributed by atoms with Gasteiger partial charge in [0.25, 0.3) is 5.56 Å². The number of aromatic nitrogens is 1. The van der Waals surface area contributed by atoms with E-state index in [4.69, 9.17) is 4.74 Å². The van der Waals surface area contributed by atoms with Gasteiger partial charge in [-0.15, -0.1) is 0 Å². The van der Waals surface area contributed by atoms with Crippen molar-refractivity contribution in [1.29, 1.82) is 0 Å². The van der Waals surface area contributed by atoms with E-state index in [2.05, 4.69) is 22.6 Å². The molecule has 1 aromatic heterocycles. The fourth-order valence-electron chi connectivity index (χ4n) is 1.92. The van der Waals surface area contributed by atoms with Crippen LogP contribution in [0.4, 0.5) is 0 Å². The lowest BCUT2D eigenvalue weighted by Crippen LogP contribution is -2.26. The van der Waals surface area contributed by atoms with E-state index in [1.54, 1.807) is 10.8 Å². The zero-order chi connectivity index (χ0) is 14.0. The number of halogens is 1. The molecule has 0 N–H and O–H groups in total. The normalized spacial score (nSPS) is 12.4. The van der Waals surface area contributed by atoms with Gasteiger partial charge in [-0.05, 0) is 47.7 Å². The largest absolute Gasteiger partial charge is 0.464 e. The Morgan fingerprint density at radius 3 is 2.79 bits per heavy atom. The maximum Gasteiger partial charge on any atom is 0.302 e. The summed E-state index contributed by atoms with van der Waals surface area (Å²) in [5.41, 5.74) is -0.0596.